The lowest BCUT2D eigenvalue weighted by atomic mass is 10.0. The Morgan fingerprint density at radius 2 is 2.07 bits per heavy atom. The smallest absolute Gasteiger partial charge is 0.124 e. The maximum atomic E-state index is 9.62. The van der Waals surface area contributed by atoms with E-state index < -0.39 is 0 Å². The quantitative estimate of drug-likeness (QED) is 0.720. The summed E-state index contributed by atoms with van der Waals surface area (Å²) in [7, 11) is 0. The minimum Gasteiger partial charge on any atom is -0.507 e. The van der Waals surface area contributed by atoms with Crippen LogP contribution in [-0.2, 0) is 0 Å². The van der Waals surface area contributed by atoms with Crippen LogP contribution >= 0.6 is 0 Å². The predicted molar refractivity (Wildman–Crippen MR) is 57.1 cm³/mol. The molecule has 2 rings (SSSR count). The molecule has 0 atom stereocenters. The number of aryl methyl sites for hydroxylation is 1. The number of hydrogen-bond donors (Lipinski definition) is 1. The van der Waals surface area contributed by atoms with Gasteiger partial charge in [-0.25, -0.2) is 0 Å². The van der Waals surface area contributed by atoms with Gasteiger partial charge in [-0.3, -0.25) is 0 Å². The molecule has 1 nitrogen and oxygen atoms in total. The highest BCUT2D eigenvalue weighted by Gasteiger charge is 2.01. The normalized spacial score (nSPS) is 10.1. The van der Waals surface area contributed by atoms with E-state index in [-0.39, 0.29) is 5.75 Å². The summed E-state index contributed by atoms with van der Waals surface area (Å²) in [5.74, 6) is 0.276. The summed E-state index contributed by atoms with van der Waals surface area (Å²) in [6.45, 7) is 2.04. The minimum atomic E-state index is 0.276. The Hall–Kier alpha value is -1.76. The van der Waals surface area contributed by atoms with E-state index in [1.54, 1.807) is 12.1 Å². The van der Waals surface area contributed by atoms with Gasteiger partial charge < -0.3 is 5.11 Å². The third-order valence-corrected chi connectivity index (χ3v) is 2.17. The largest absolute Gasteiger partial charge is 0.507 e. The number of phenolic OH excluding ortho intramolecular Hbond substituents is 1. The maximum Gasteiger partial charge on any atom is 0.124 e. The van der Waals surface area contributed by atoms with E-state index in [0.29, 0.717) is 0 Å². The first-order valence-electron chi connectivity index (χ1n) is 4.53. The van der Waals surface area contributed by atoms with Gasteiger partial charge in [-0.15, -0.1) is 0 Å². The van der Waals surface area contributed by atoms with Crippen molar-refractivity contribution < 1.29 is 5.11 Å². The van der Waals surface area contributed by atoms with Crippen LogP contribution in [-0.4, -0.2) is 5.11 Å². The molecule has 1 N–H and O–H groups in total. The molecule has 0 amide bonds. The molecule has 2 aromatic rings. The van der Waals surface area contributed by atoms with Crippen LogP contribution in [0, 0.1) is 13.0 Å². The van der Waals surface area contributed by atoms with Crippen molar-refractivity contribution in [2.45, 2.75) is 6.92 Å². The summed E-state index contributed by atoms with van der Waals surface area (Å²) in [5, 5.41) is 9.62. The van der Waals surface area contributed by atoms with Gasteiger partial charge in [0.1, 0.15) is 5.75 Å². The highest BCUT2D eigenvalue weighted by Crippen LogP contribution is 2.28. The van der Waals surface area contributed by atoms with Crippen molar-refractivity contribution in [3.05, 3.63) is 54.1 Å². The molecule has 0 aromatic heterocycles. The van der Waals surface area contributed by atoms with Crippen LogP contribution in [0.2, 0.25) is 0 Å². The van der Waals surface area contributed by atoms with Gasteiger partial charge in [0.2, 0.25) is 0 Å². The van der Waals surface area contributed by atoms with Gasteiger partial charge in [-0.05, 0) is 24.6 Å². The molecule has 1 heteroatoms. The van der Waals surface area contributed by atoms with E-state index in [1.807, 2.05) is 31.2 Å². The lowest BCUT2D eigenvalue weighted by Crippen LogP contribution is -1.79. The van der Waals surface area contributed by atoms with E-state index in [0.717, 1.165) is 11.1 Å². The Labute approximate surface area is 83.6 Å². The number of aromatic hydroxyl groups is 1. The molecule has 0 aliphatic heterocycles. The van der Waals surface area contributed by atoms with Crippen LogP contribution in [0.3, 0.4) is 0 Å². The number of rotatable bonds is 1. The third kappa shape index (κ3) is 1.62. The SMILES string of the molecule is Cc1cccc(-c2cc[c]cc2O)c1. The molecule has 69 valence electrons. The molecule has 0 unspecified atom stereocenters. The summed E-state index contributed by atoms with van der Waals surface area (Å²) >= 11 is 0. The Bertz CT molecular complexity index is 446. The minimum absolute atomic E-state index is 0.276. The fraction of sp³-hybridized carbons (Fsp3) is 0.0769. The van der Waals surface area contributed by atoms with Crippen molar-refractivity contribution in [2.75, 3.05) is 0 Å². The zero-order chi connectivity index (χ0) is 9.97. The molecular formula is C13H11O. The average Bonchev–Trinajstić information content (AvgIpc) is 2.18. The van der Waals surface area contributed by atoms with E-state index in [2.05, 4.69) is 12.1 Å². The second-order valence-electron chi connectivity index (χ2n) is 3.31. The van der Waals surface area contributed by atoms with Gasteiger partial charge in [-0.2, -0.15) is 0 Å². The fourth-order valence-electron chi connectivity index (χ4n) is 1.48. The Morgan fingerprint density at radius 3 is 2.79 bits per heavy atom. The van der Waals surface area contributed by atoms with Crippen LogP contribution in [0.4, 0.5) is 0 Å². The van der Waals surface area contributed by atoms with Gasteiger partial charge in [0.25, 0.3) is 0 Å². The van der Waals surface area contributed by atoms with Crippen LogP contribution in [0.5, 0.6) is 5.75 Å². The zero-order valence-electron chi connectivity index (χ0n) is 7.99. The molecule has 14 heavy (non-hydrogen) atoms. The van der Waals surface area contributed by atoms with Gasteiger partial charge in [0, 0.05) is 5.56 Å². The average molecular weight is 183 g/mol. The Balaban J connectivity index is 2.55. The lowest BCUT2D eigenvalue weighted by molar-refractivity contribution is 0.477. The van der Waals surface area contributed by atoms with Gasteiger partial charge in [-0.1, -0.05) is 42.0 Å². The fourth-order valence-corrected chi connectivity index (χ4v) is 1.48. The van der Waals surface area contributed by atoms with E-state index in [4.69, 9.17) is 0 Å². The highest BCUT2D eigenvalue weighted by molar-refractivity contribution is 5.70. The van der Waals surface area contributed by atoms with Crippen LogP contribution < -0.4 is 0 Å². The first-order valence-corrected chi connectivity index (χ1v) is 4.53. The Kier molecular flexibility index (Phi) is 2.23. The molecule has 0 fully saturated rings. The number of benzene rings is 2. The number of hydrogen-bond acceptors (Lipinski definition) is 1. The number of phenols is 1. The standard InChI is InChI=1S/C13H11O/c1-10-5-4-6-11(9-10)12-7-2-3-8-13(12)14/h2,4-9,14H,1H3. The van der Waals surface area contributed by atoms with Crippen molar-refractivity contribution in [1.82, 2.24) is 0 Å². The van der Waals surface area contributed by atoms with Crippen LogP contribution in [0.25, 0.3) is 11.1 Å². The third-order valence-electron chi connectivity index (χ3n) is 2.17. The van der Waals surface area contributed by atoms with Crippen LogP contribution in [0.15, 0.2) is 42.5 Å². The predicted octanol–water partition coefficient (Wildman–Crippen LogP) is 3.17. The lowest BCUT2D eigenvalue weighted by Gasteiger charge is -2.04. The second kappa shape index (κ2) is 3.54. The molecule has 0 heterocycles. The first-order chi connectivity index (χ1) is 6.77. The van der Waals surface area contributed by atoms with Crippen molar-refractivity contribution in [3.8, 4) is 16.9 Å². The van der Waals surface area contributed by atoms with Gasteiger partial charge in [0.05, 0.1) is 0 Å². The second-order valence-corrected chi connectivity index (χ2v) is 3.31. The summed E-state index contributed by atoms with van der Waals surface area (Å²) in [4.78, 5) is 0. The van der Waals surface area contributed by atoms with Crippen molar-refractivity contribution in [1.29, 1.82) is 0 Å². The highest BCUT2D eigenvalue weighted by atomic mass is 16.3. The summed E-state index contributed by atoms with van der Waals surface area (Å²) in [5.41, 5.74) is 3.08. The molecule has 0 aliphatic carbocycles. The molecule has 2 aromatic carbocycles. The van der Waals surface area contributed by atoms with Crippen molar-refractivity contribution in [2.24, 2.45) is 0 Å². The summed E-state index contributed by atoms with van der Waals surface area (Å²) in [6, 6.07) is 16.1. The molecule has 0 spiro atoms. The summed E-state index contributed by atoms with van der Waals surface area (Å²) in [6.07, 6.45) is 0. The molecule has 1 radical (unpaired) electrons. The molecule has 0 bridgehead atoms. The molecule has 0 aliphatic rings. The summed E-state index contributed by atoms with van der Waals surface area (Å²) < 4.78 is 0. The van der Waals surface area contributed by atoms with Crippen LogP contribution in [0.1, 0.15) is 5.56 Å². The monoisotopic (exact) mass is 183 g/mol. The van der Waals surface area contributed by atoms with Gasteiger partial charge >= 0.3 is 0 Å². The Morgan fingerprint density at radius 1 is 1.21 bits per heavy atom. The van der Waals surface area contributed by atoms with Crippen molar-refractivity contribution >= 4 is 0 Å². The van der Waals surface area contributed by atoms with E-state index in [9.17, 15) is 5.11 Å². The molecule has 0 saturated carbocycles. The first kappa shape index (κ1) is 8.82. The van der Waals surface area contributed by atoms with E-state index >= 15 is 0 Å². The van der Waals surface area contributed by atoms with E-state index in [1.165, 1.54) is 5.56 Å². The van der Waals surface area contributed by atoms with Crippen molar-refractivity contribution in [3.63, 3.8) is 0 Å². The zero-order valence-corrected chi connectivity index (χ0v) is 7.99. The molecular weight excluding hydrogens is 172 g/mol. The van der Waals surface area contributed by atoms with Gasteiger partial charge in [0.15, 0.2) is 0 Å². The topological polar surface area (TPSA) is 20.2 Å². The maximum absolute atomic E-state index is 9.62. The molecule has 0 saturated heterocycles.